The summed E-state index contributed by atoms with van der Waals surface area (Å²) in [7, 11) is -9.40. The number of benzene rings is 4. The zero-order chi connectivity index (χ0) is 27.2. The Morgan fingerprint density at radius 1 is 0.474 bits per heavy atom. The maximum Gasteiger partial charge on any atom is 0.274 e. The van der Waals surface area contributed by atoms with Crippen molar-refractivity contribution in [1.29, 1.82) is 0 Å². The van der Waals surface area contributed by atoms with Crippen LogP contribution in [-0.4, -0.2) is 28.6 Å². The summed E-state index contributed by atoms with van der Waals surface area (Å²) in [5.41, 5.74) is -1.63. The molecule has 0 unspecified atom stereocenters. The SMILES string of the molecule is O=C1c2ccccc2N(S(=O)(=O)c2ccc(F)cc2)C(=O)c2ccccc2N1S(=O)(=O)c1ccc(F)cc1. The van der Waals surface area contributed by atoms with E-state index in [2.05, 4.69) is 0 Å². The standard InChI is InChI=1S/C26H16F2N2O6S2/c27-17-9-13-19(14-10-17)37(33,34)29-23-7-3-1-5-21(23)25(31)30(24-8-4-2-6-22(24)26(29)32)38(35,36)20-15-11-18(28)12-16-20/h1-16H. The fourth-order valence-electron chi connectivity index (χ4n) is 4.00. The van der Waals surface area contributed by atoms with E-state index in [1.807, 2.05) is 0 Å². The molecule has 0 bridgehead atoms. The van der Waals surface area contributed by atoms with E-state index in [1.165, 1.54) is 48.5 Å². The first-order chi connectivity index (χ1) is 18.0. The van der Waals surface area contributed by atoms with Gasteiger partial charge >= 0.3 is 0 Å². The largest absolute Gasteiger partial charge is 0.274 e. The van der Waals surface area contributed by atoms with Crippen LogP contribution in [0.5, 0.6) is 0 Å². The third-order valence-electron chi connectivity index (χ3n) is 5.78. The number of rotatable bonds is 4. The third-order valence-corrected chi connectivity index (χ3v) is 9.20. The van der Waals surface area contributed by atoms with Crippen molar-refractivity contribution >= 4 is 43.2 Å². The van der Waals surface area contributed by atoms with Crippen molar-refractivity contribution < 1.29 is 35.2 Å². The van der Waals surface area contributed by atoms with E-state index >= 15 is 0 Å². The highest BCUT2D eigenvalue weighted by atomic mass is 32.2. The number of carbonyl (C=O) groups excluding carboxylic acids is 2. The maximum absolute atomic E-state index is 13.9. The second-order valence-corrected chi connectivity index (χ2v) is 11.7. The minimum atomic E-state index is -4.70. The molecule has 1 aliphatic heterocycles. The minimum Gasteiger partial charge on any atom is -0.267 e. The molecule has 5 rings (SSSR count). The molecule has 0 saturated heterocycles. The summed E-state index contributed by atoms with van der Waals surface area (Å²) in [6.45, 7) is 0. The number of sulfonamides is 2. The van der Waals surface area contributed by atoms with Gasteiger partial charge in [-0.3, -0.25) is 9.59 Å². The van der Waals surface area contributed by atoms with Gasteiger partial charge in [-0.25, -0.2) is 25.6 Å². The van der Waals surface area contributed by atoms with Gasteiger partial charge in [0.05, 0.1) is 32.3 Å². The molecule has 4 aromatic rings. The molecule has 0 aromatic heterocycles. The topological polar surface area (TPSA) is 109 Å². The molecule has 1 heterocycles. The van der Waals surface area contributed by atoms with Crippen LogP contribution in [0.15, 0.2) is 107 Å². The average molecular weight is 555 g/mol. The molecule has 8 nitrogen and oxygen atoms in total. The van der Waals surface area contributed by atoms with Gasteiger partial charge in [0.2, 0.25) is 0 Å². The van der Waals surface area contributed by atoms with Crippen molar-refractivity contribution in [3.8, 4) is 0 Å². The van der Waals surface area contributed by atoms with E-state index in [0.717, 1.165) is 48.5 Å². The van der Waals surface area contributed by atoms with Crippen molar-refractivity contribution in [1.82, 2.24) is 0 Å². The molecular formula is C26H16F2N2O6S2. The molecule has 0 aliphatic carbocycles. The van der Waals surface area contributed by atoms with Crippen LogP contribution in [0.2, 0.25) is 0 Å². The molecule has 2 amide bonds. The lowest BCUT2D eigenvalue weighted by Gasteiger charge is -2.32. The lowest BCUT2D eigenvalue weighted by Crippen LogP contribution is -2.45. The molecule has 12 heteroatoms. The van der Waals surface area contributed by atoms with Gasteiger partial charge in [-0.05, 0) is 72.8 Å². The van der Waals surface area contributed by atoms with E-state index in [4.69, 9.17) is 0 Å². The maximum atomic E-state index is 13.9. The van der Waals surface area contributed by atoms with E-state index in [0.29, 0.717) is 8.61 Å². The van der Waals surface area contributed by atoms with E-state index in [1.54, 1.807) is 0 Å². The number of anilines is 2. The highest BCUT2D eigenvalue weighted by Crippen LogP contribution is 2.38. The molecule has 4 aromatic carbocycles. The van der Waals surface area contributed by atoms with E-state index < -0.39 is 75.8 Å². The van der Waals surface area contributed by atoms with Crippen LogP contribution in [-0.2, 0) is 20.0 Å². The number of hydrogen-bond acceptors (Lipinski definition) is 6. The first kappa shape index (κ1) is 25.2. The van der Waals surface area contributed by atoms with Gasteiger partial charge in [0.1, 0.15) is 11.6 Å². The molecular weight excluding hydrogens is 538 g/mol. The summed E-state index contributed by atoms with van der Waals surface area (Å²) in [5, 5.41) is 0. The molecule has 192 valence electrons. The number of halogens is 2. The molecule has 0 spiro atoms. The monoisotopic (exact) mass is 554 g/mol. The third kappa shape index (κ3) is 4.03. The Kier molecular flexibility index (Phi) is 6.08. The van der Waals surface area contributed by atoms with Crippen LogP contribution in [0.1, 0.15) is 20.7 Å². The Morgan fingerprint density at radius 2 is 0.789 bits per heavy atom. The predicted molar refractivity (Wildman–Crippen MR) is 134 cm³/mol. The number of para-hydroxylation sites is 2. The van der Waals surface area contributed by atoms with E-state index in [9.17, 15) is 35.2 Å². The van der Waals surface area contributed by atoms with Crippen molar-refractivity contribution in [2.45, 2.75) is 9.79 Å². The quantitative estimate of drug-likeness (QED) is 0.371. The van der Waals surface area contributed by atoms with Crippen LogP contribution < -0.4 is 8.61 Å². The molecule has 1 aliphatic rings. The van der Waals surface area contributed by atoms with Crippen LogP contribution in [0, 0.1) is 11.6 Å². The van der Waals surface area contributed by atoms with Gasteiger partial charge in [0.25, 0.3) is 31.9 Å². The smallest absolute Gasteiger partial charge is 0.267 e. The molecule has 0 radical (unpaired) electrons. The second-order valence-electron chi connectivity index (χ2n) is 8.09. The molecule has 0 fully saturated rings. The van der Waals surface area contributed by atoms with Gasteiger partial charge in [0, 0.05) is 0 Å². The van der Waals surface area contributed by atoms with Gasteiger partial charge < -0.3 is 0 Å². The Bertz CT molecular complexity index is 1670. The van der Waals surface area contributed by atoms with Crippen LogP contribution in [0.25, 0.3) is 0 Å². The van der Waals surface area contributed by atoms with Gasteiger partial charge in [-0.1, -0.05) is 24.3 Å². The molecule has 0 saturated carbocycles. The summed E-state index contributed by atoms with van der Waals surface area (Å²) < 4.78 is 82.6. The van der Waals surface area contributed by atoms with Gasteiger partial charge in [-0.15, -0.1) is 0 Å². The first-order valence-electron chi connectivity index (χ1n) is 10.9. The molecule has 38 heavy (non-hydrogen) atoms. The lowest BCUT2D eigenvalue weighted by atomic mass is 10.1. The molecule has 0 N–H and O–H groups in total. The lowest BCUT2D eigenvalue weighted by molar-refractivity contribution is 0.0996. The Hall–Kier alpha value is -4.42. The number of fused-ring (bicyclic) bond motifs is 2. The Balaban J connectivity index is 1.80. The Morgan fingerprint density at radius 3 is 1.13 bits per heavy atom. The zero-order valence-electron chi connectivity index (χ0n) is 19.2. The highest BCUT2D eigenvalue weighted by molar-refractivity contribution is 7.94. The fraction of sp³-hybridized carbons (Fsp3) is 0. The van der Waals surface area contributed by atoms with E-state index in [-0.39, 0.29) is 0 Å². The van der Waals surface area contributed by atoms with Gasteiger partial charge in [-0.2, -0.15) is 8.61 Å². The van der Waals surface area contributed by atoms with Crippen LogP contribution >= 0.6 is 0 Å². The highest BCUT2D eigenvalue weighted by Gasteiger charge is 2.43. The van der Waals surface area contributed by atoms with Crippen LogP contribution in [0.4, 0.5) is 20.2 Å². The average Bonchev–Trinajstić information content (AvgIpc) is 2.89. The minimum absolute atomic E-state index is 0.397. The summed E-state index contributed by atoms with van der Waals surface area (Å²) in [4.78, 5) is 26.9. The summed E-state index contributed by atoms with van der Waals surface area (Å²) in [6.07, 6.45) is 0. The normalized spacial score (nSPS) is 13.9. The summed E-state index contributed by atoms with van der Waals surface area (Å²) in [5.74, 6) is -3.70. The number of hydrogen-bond donors (Lipinski definition) is 0. The zero-order valence-corrected chi connectivity index (χ0v) is 20.8. The van der Waals surface area contributed by atoms with Gasteiger partial charge in [0.15, 0.2) is 0 Å². The second kappa shape index (κ2) is 9.15. The predicted octanol–water partition coefficient (Wildman–Crippen LogP) is 4.35. The van der Waals surface area contributed by atoms with Crippen LogP contribution in [0.3, 0.4) is 0 Å². The number of nitrogens with zero attached hydrogens (tertiary/aromatic N) is 2. The fourth-order valence-corrected chi connectivity index (χ4v) is 6.85. The van der Waals surface area contributed by atoms with Crippen molar-refractivity contribution in [2.75, 3.05) is 8.61 Å². The van der Waals surface area contributed by atoms with Crippen molar-refractivity contribution in [3.63, 3.8) is 0 Å². The van der Waals surface area contributed by atoms with Crippen molar-refractivity contribution in [2.24, 2.45) is 0 Å². The molecule has 0 atom stereocenters. The number of carbonyl (C=O) groups is 2. The first-order valence-corrected chi connectivity index (χ1v) is 13.8. The van der Waals surface area contributed by atoms with Crippen molar-refractivity contribution in [3.05, 3.63) is 120 Å². The summed E-state index contributed by atoms with van der Waals surface area (Å²) >= 11 is 0. The number of amides is 2. The summed E-state index contributed by atoms with van der Waals surface area (Å²) in [6, 6.07) is 17.7. The Labute approximate surface area is 216 Å².